The van der Waals surface area contributed by atoms with Gasteiger partial charge < -0.3 is 0 Å². The molecule has 0 spiro atoms. The van der Waals surface area contributed by atoms with Crippen molar-refractivity contribution in [2.45, 2.75) is 38.0 Å². The highest BCUT2D eigenvalue weighted by atomic mass is 79.9. The first kappa shape index (κ1) is 16.0. The first-order valence-corrected chi connectivity index (χ1v) is 9.41. The van der Waals surface area contributed by atoms with E-state index in [9.17, 15) is 8.42 Å². The van der Waals surface area contributed by atoms with Crippen molar-refractivity contribution in [3.8, 4) is 0 Å². The maximum absolute atomic E-state index is 12.7. The number of hydrogen-bond donors (Lipinski definition) is 0. The summed E-state index contributed by atoms with van der Waals surface area (Å²) in [5.74, 6) is 1.26. The Labute approximate surface area is 130 Å². The molecule has 0 radical (unpaired) electrons. The fraction of sp³-hybridized carbons (Fsp3) is 0.600. The summed E-state index contributed by atoms with van der Waals surface area (Å²) in [4.78, 5) is 0.378. The van der Waals surface area contributed by atoms with E-state index < -0.39 is 10.0 Å². The molecule has 1 aliphatic heterocycles. The molecule has 1 unspecified atom stereocenters. The van der Waals surface area contributed by atoms with Gasteiger partial charge in [0.15, 0.2) is 0 Å². The molecule has 0 N–H and O–H groups in total. The molecular weight excluding hydrogens is 338 g/mol. The fourth-order valence-electron chi connectivity index (χ4n) is 2.80. The van der Waals surface area contributed by atoms with Crippen molar-refractivity contribution in [2.24, 2.45) is 11.8 Å². The van der Waals surface area contributed by atoms with Gasteiger partial charge in [0, 0.05) is 17.6 Å². The number of hydrogen-bond acceptors (Lipinski definition) is 2. The van der Waals surface area contributed by atoms with E-state index in [1.807, 2.05) is 6.07 Å². The molecule has 1 heterocycles. The molecule has 2 rings (SSSR count). The van der Waals surface area contributed by atoms with Gasteiger partial charge in [-0.05, 0) is 59.2 Å². The van der Waals surface area contributed by atoms with Crippen molar-refractivity contribution < 1.29 is 8.42 Å². The van der Waals surface area contributed by atoms with Crippen LogP contribution in [0.2, 0.25) is 0 Å². The van der Waals surface area contributed by atoms with E-state index in [0.717, 1.165) is 19.3 Å². The van der Waals surface area contributed by atoms with Crippen molar-refractivity contribution in [3.05, 3.63) is 28.7 Å². The SMILES string of the molecule is CC(C)C1CCCN(S(=O)(=O)c2ccccc2Br)CC1. The summed E-state index contributed by atoms with van der Waals surface area (Å²) in [6.07, 6.45) is 3.04. The highest BCUT2D eigenvalue weighted by Crippen LogP contribution is 2.29. The third-order valence-electron chi connectivity index (χ3n) is 4.13. The Kier molecular flexibility index (Phi) is 5.26. The van der Waals surface area contributed by atoms with E-state index in [2.05, 4.69) is 29.8 Å². The molecule has 0 amide bonds. The van der Waals surface area contributed by atoms with Crippen molar-refractivity contribution >= 4 is 26.0 Å². The third kappa shape index (κ3) is 3.43. The summed E-state index contributed by atoms with van der Waals surface area (Å²) >= 11 is 3.35. The number of halogens is 1. The van der Waals surface area contributed by atoms with Gasteiger partial charge in [-0.3, -0.25) is 0 Å². The van der Waals surface area contributed by atoms with Gasteiger partial charge in [-0.1, -0.05) is 26.0 Å². The molecular formula is C15H22BrNO2S. The molecule has 0 saturated carbocycles. The van der Waals surface area contributed by atoms with Crippen LogP contribution in [-0.2, 0) is 10.0 Å². The van der Waals surface area contributed by atoms with Gasteiger partial charge in [0.2, 0.25) is 10.0 Å². The van der Waals surface area contributed by atoms with E-state index in [1.165, 1.54) is 0 Å². The average molecular weight is 360 g/mol. The van der Waals surface area contributed by atoms with E-state index in [0.29, 0.717) is 34.3 Å². The van der Waals surface area contributed by atoms with Crippen LogP contribution in [0.4, 0.5) is 0 Å². The Morgan fingerprint density at radius 2 is 1.90 bits per heavy atom. The van der Waals surface area contributed by atoms with Crippen molar-refractivity contribution in [2.75, 3.05) is 13.1 Å². The highest BCUT2D eigenvalue weighted by Gasteiger charge is 2.29. The molecule has 1 aromatic rings. The summed E-state index contributed by atoms with van der Waals surface area (Å²) < 4.78 is 27.8. The first-order chi connectivity index (χ1) is 9.43. The van der Waals surface area contributed by atoms with Gasteiger partial charge in [-0.2, -0.15) is 4.31 Å². The standard InChI is InChI=1S/C15H22BrNO2S/c1-12(2)13-6-5-10-17(11-9-13)20(18,19)15-8-4-3-7-14(15)16/h3-4,7-8,12-13H,5-6,9-11H2,1-2H3. The highest BCUT2D eigenvalue weighted by molar-refractivity contribution is 9.10. The van der Waals surface area contributed by atoms with E-state index >= 15 is 0 Å². The molecule has 0 aromatic heterocycles. The van der Waals surface area contributed by atoms with Gasteiger partial charge in [-0.25, -0.2) is 8.42 Å². The number of sulfonamides is 1. The van der Waals surface area contributed by atoms with E-state index in [-0.39, 0.29) is 0 Å². The molecule has 1 aliphatic rings. The molecule has 112 valence electrons. The van der Waals surface area contributed by atoms with Gasteiger partial charge in [0.25, 0.3) is 0 Å². The van der Waals surface area contributed by atoms with Crippen LogP contribution < -0.4 is 0 Å². The van der Waals surface area contributed by atoms with E-state index in [4.69, 9.17) is 0 Å². The second-order valence-corrected chi connectivity index (χ2v) is 8.53. The fourth-order valence-corrected chi connectivity index (χ4v) is 5.25. The summed E-state index contributed by atoms with van der Waals surface area (Å²) in [7, 11) is -3.38. The first-order valence-electron chi connectivity index (χ1n) is 7.17. The van der Waals surface area contributed by atoms with Crippen LogP contribution in [-0.4, -0.2) is 25.8 Å². The Hall–Kier alpha value is -0.390. The summed E-state index contributed by atoms with van der Waals surface area (Å²) in [5.41, 5.74) is 0. The van der Waals surface area contributed by atoms with Crippen molar-refractivity contribution in [1.29, 1.82) is 0 Å². The second kappa shape index (κ2) is 6.58. The molecule has 3 nitrogen and oxygen atoms in total. The van der Waals surface area contributed by atoms with Crippen molar-refractivity contribution in [3.63, 3.8) is 0 Å². The molecule has 0 bridgehead atoms. The monoisotopic (exact) mass is 359 g/mol. The molecule has 1 atom stereocenters. The van der Waals surface area contributed by atoms with Gasteiger partial charge in [-0.15, -0.1) is 0 Å². The molecule has 1 aromatic carbocycles. The maximum Gasteiger partial charge on any atom is 0.244 e. The Morgan fingerprint density at radius 3 is 2.55 bits per heavy atom. The largest absolute Gasteiger partial charge is 0.244 e. The minimum atomic E-state index is -3.38. The predicted octanol–water partition coefficient (Wildman–Crippen LogP) is 3.90. The van der Waals surface area contributed by atoms with Gasteiger partial charge >= 0.3 is 0 Å². The Morgan fingerprint density at radius 1 is 1.20 bits per heavy atom. The van der Waals surface area contributed by atoms with Crippen LogP contribution in [0, 0.1) is 11.8 Å². The normalized spacial score (nSPS) is 21.9. The Balaban J connectivity index is 2.21. The molecule has 5 heteroatoms. The molecule has 1 saturated heterocycles. The van der Waals surface area contributed by atoms with Crippen LogP contribution >= 0.6 is 15.9 Å². The number of nitrogens with zero attached hydrogens (tertiary/aromatic N) is 1. The maximum atomic E-state index is 12.7. The smallest absolute Gasteiger partial charge is 0.207 e. The second-order valence-electron chi connectivity index (χ2n) is 5.77. The summed E-state index contributed by atoms with van der Waals surface area (Å²) in [5, 5.41) is 0. The summed E-state index contributed by atoms with van der Waals surface area (Å²) in [6.45, 7) is 5.71. The molecule has 0 aliphatic carbocycles. The van der Waals surface area contributed by atoms with Gasteiger partial charge in [0.1, 0.15) is 0 Å². The number of benzene rings is 1. The van der Waals surface area contributed by atoms with Crippen LogP contribution in [0.25, 0.3) is 0 Å². The quantitative estimate of drug-likeness (QED) is 0.820. The molecule has 1 fully saturated rings. The lowest BCUT2D eigenvalue weighted by Crippen LogP contribution is -2.32. The van der Waals surface area contributed by atoms with Gasteiger partial charge in [0.05, 0.1) is 4.90 Å². The Bertz CT molecular complexity index is 557. The zero-order valence-electron chi connectivity index (χ0n) is 12.0. The third-order valence-corrected chi connectivity index (χ3v) is 7.04. The van der Waals surface area contributed by atoms with E-state index in [1.54, 1.807) is 22.5 Å². The minimum Gasteiger partial charge on any atom is -0.207 e. The van der Waals surface area contributed by atoms with Crippen LogP contribution in [0.1, 0.15) is 33.1 Å². The van der Waals surface area contributed by atoms with Crippen LogP contribution in [0.15, 0.2) is 33.6 Å². The van der Waals surface area contributed by atoms with Crippen molar-refractivity contribution in [1.82, 2.24) is 4.31 Å². The lowest BCUT2D eigenvalue weighted by Gasteiger charge is -2.21. The average Bonchev–Trinajstić information content (AvgIpc) is 2.65. The predicted molar refractivity (Wildman–Crippen MR) is 85.1 cm³/mol. The zero-order valence-corrected chi connectivity index (χ0v) is 14.5. The lowest BCUT2D eigenvalue weighted by atomic mass is 9.89. The molecule has 20 heavy (non-hydrogen) atoms. The number of rotatable bonds is 3. The van der Waals surface area contributed by atoms with Crippen LogP contribution in [0.5, 0.6) is 0 Å². The topological polar surface area (TPSA) is 37.4 Å². The lowest BCUT2D eigenvalue weighted by molar-refractivity contribution is 0.340. The van der Waals surface area contributed by atoms with Crippen LogP contribution in [0.3, 0.4) is 0 Å². The minimum absolute atomic E-state index is 0.378. The summed E-state index contributed by atoms with van der Waals surface area (Å²) in [6, 6.07) is 7.05. The zero-order chi connectivity index (χ0) is 14.8.